The molecule has 0 aliphatic carbocycles. The van der Waals surface area contributed by atoms with Gasteiger partial charge in [-0.3, -0.25) is 0 Å². The smallest absolute Gasteiger partial charge is 0.148 e. The highest BCUT2D eigenvalue weighted by atomic mass is 16.5. The van der Waals surface area contributed by atoms with Crippen molar-refractivity contribution in [1.29, 1.82) is 0 Å². The number of aryl methyl sites for hydroxylation is 1. The second kappa shape index (κ2) is 4.06. The quantitative estimate of drug-likeness (QED) is 0.715. The molecule has 2 nitrogen and oxygen atoms in total. The van der Waals surface area contributed by atoms with E-state index >= 15 is 0 Å². The van der Waals surface area contributed by atoms with E-state index in [2.05, 4.69) is 17.3 Å². The molecule has 72 valence electrons. The van der Waals surface area contributed by atoms with Gasteiger partial charge in [0.05, 0.1) is 5.69 Å². The molecule has 0 aromatic heterocycles. The maximum atomic E-state index is 5.45. The van der Waals surface area contributed by atoms with Crippen molar-refractivity contribution in [3.05, 3.63) is 23.8 Å². The van der Waals surface area contributed by atoms with Gasteiger partial charge in [-0.25, -0.2) is 0 Å². The van der Waals surface area contributed by atoms with Gasteiger partial charge in [-0.1, -0.05) is 18.1 Å². The van der Waals surface area contributed by atoms with E-state index in [1.54, 1.807) is 0 Å². The standard InChI is InChI=1S/C12H13NO/c1-2-9-14-11-7-3-5-10-6-4-8-13-12(10)11/h1,3,5,7,13H,4,6,8-9H2. The van der Waals surface area contributed by atoms with E-state index in [1.165, 1.54) is 12.0 Å². The Hall–Kier alpha value is -1.62. The number of para-hydroxylation sites is 1. The van der Waals surface area contributed by atoms with Crippen LogP contribution >= 0.6 is 0 Å². The zero-order valence-corrected chi connectivity index (χ0v) is 8.05. The molecule has 0 saturated heterocycles. The van der Waals surface area contributed by atoms with Gasteiger partial charge in [-0.2, -0.15) is 0 Å². The van der Waals surface area contributed by atoms with Crippen molar-refractivity contribution < 1.29 is 4.74 Å². The van der Waals surface area contributed by atoms with Crippen LogP contribution in [0, 0.1) is 12.3 Å². The summed E-state index contributed by atoms with van der Waals surface area (Å²) < 4.78 is 5.45. The predicted octanol–water partition coefficient (Wildman–Crippen LogP) is 2.06. The first-order valence-corrected chi connectivity index (χ1v) is 4.84. The van der Waals surface area contributed by atoms with Crippen LogP contribution in [0.15, 0.2) is 18.2 Å². The Morgan fingerprint density at radius 2 is 2.43 bits per heavy atom. The molecule has 0 unspecified atom stereocenters. The molecule has 1 N–H and O–H groups in total. The number of terminal acetylenes is 1. The van der Waals surface area contributed by atoms with Gasteiger partial charge in [0.2, 0.25) is 0 Å². The molecular formula is C12H13NO. The predicted molar refractivity (Wildman–Crippen MR) is 57.6 cm³/mol. The van der Waals surface area contributed by atoms with Gasteiger partial charge in [-0.15, -0.1) is 6.42 Å². The minimum absolute atomic E-state index is 0.331. The Morgan fingerprint density at radius 3 is 3.29 bits per heavy atom. The van der Waals surface area contributed by atoms with Crippen molar-refractivity contribution >= 4 is 5.69 Å². The molecule has 2 rings (SSSR count). The Bertz CT molecular complexity index is 365. The number of fused-ring (bicyclic) bond motifs is 1. The third-order valence-electron chi connectivity index (χ3n) is 2.35. The number of benzene rings is 1. The fraction of sp³-hybridized carbons (Fsp3) is 0.333. The van der Waals surface area contributed by atoms with Crippen LogP contribution in [-0.2, 0) is 6.42 Å². The topological polar surface area (TPSA) is 21.3 Å². The monoisotopic (exact) mass is 187 g/mol. The van der Waals surface area contributed by atoms with Crippen molar-refractivity contribution in [2.24, 2.45) is 0 Å². The van der Waals surface area contributed by atoms with Crippen LogP contribution in [0.2, 0.25) is 0 Å². The zero-order valence-electron chi connectivity index (χ0n) is 8.05. The van der Waals surface area contributed by atoms with Crippen LogP contribution in [0.4, 0.5) is 5.69 Å². The molecule has 0 bridgehead atoms. The third kappa shape index (κ3) is 1.67. The summed E-state index contributed by atoms with van der Waals surface area (Å²) in [5, 5.41) is 3.35. The second-order valence-corrected chi connectivity index (χ2v) is 3.31. The molecule has 1 aromatic carbocycles. The van der Waals surface area contributed by atoms with E-state index in [0.717, 1.165) is 24.4 Å². The number of anilines is 1. The van der Waals surface area contributed by atoms with Crippen LogP contribution in [0.3, 0.4) is 0 Å². The van der Waals surface area contributed by atoms with Gasteiger partial charge in [0.15, 0.2) is 0 Å². The maximum absolute atomic E-state index is 5.45. The van der Waals surface area contributed by atoms with E-state index in [0.29, 0.717) is 6.61 Å². The maximum Gasteiger partial charge on any atom is 0.148 e. The molecule has 0 fully saturated rings. The highest BCUT2D eigenvalue weighted by Crippen LogP contribution is 2.31. The van der Waals surface area contributed by atoms with Gasteiger partial charge in [0, 0.05) is 6.54 Å². The first kappa shape index (κ1) is 8.96. The highest BCUT2D eigenvalue weighted by molar-refractivity contribution is 5.63. The average molecular weight is 187 g/mol. The lowest BCUT2D eigenvalue weighted by molar-refractivity contribution is 0.371. The van der Waals surface area contributed by atoms with Crippen LogP contribution in [0.5, 0.6) is 5.75 Å². The van der Waals surface area contributed by atoms with Gasteiger partial charge in [0.1, 0.15) is 12.4 Å². The van der Waals surface area contributed by atoms with E-state index < -0.39 is 0 Å². The van der Waals surface area contributed by atoms with Gasteiger partial charge >= 0.3 is 0 Å². The lowest BCUT2D eigenvalue weighted by Gasteiger charge is -2.20. The Morgan fingerprint density at radius 1 is 1.50 bits per heavy atom. The number of hydrogen-bond donors (Lipinski definition) is 1. The molecule has 1 heterocycles. The van der Waals surface area contributed by atoms with Gasteiger partial charge in [-0.05, 0) is 24.5 Å². The van der Waals surface area contributed by atoms with E-state index in [-0.39, 0.29) is 0 Å². The SMILES string of the molecule is C#CCOc1cccc2c1NCCC2. The Labute approximate surface area is 84.3 Å². The third-order valence-corrected chi connectivity index (χ3v) is 2.35. The molecule has 14 heavy (non-hydrogen) atoms. The van der Waals surface area contributed by atoms with E-state index in [1.807, 2.05) is 12.1 Å². The molecule has 2 heteroatoms. The molecular weight excluding hydrogens is 174 g/mol. The molecule has 1 aliphatic heterocycles. The van der Waals surface area contributed by atoms with Crippen molar-refractivity contribution in [1.82, 2.24) is 0 Å². The number of ether oxygens (including phenoxy) is 1. The van der Waals surface area contributed by atoms with Crippen molar-refractivity contribution in [2.75, 3.05) is 18.5 Å². The van der Waals surface area contributed by atoms with Crippen LogP contribution < -0.4 is 10.1 Å². The average Bonchev–Trinajstić information content (AvgIpc) is 2.26. The Kier molecular flexibility index (Phi) is 2.60. The number of rotatable bonds is 2. The first-order chi connectivity index (χ1) is 6.92. The Balaban J connectivity index is 2.27. The molecule has 0 amide bonds. The normalized spacial score (nSPS) is 13.6. The molecule has 0 radical (unpaired) electrons. The van der Waals surface area contributed by atoms with Crippen LogP contribution in [-0.4, -0.2) is 13.2 Å². The van der Waals surface area contributed by atoms with Gasteiger partial charge < -0.3 is 10.1 Å². The van der Waals surface area contributed by atoms with Crippen molar-refractivity contribution in [2.45, 2.75) is 12.8 Å². The summed E-state index contributed by atoms with van der Waals surface area (Å²) >= 11 is 0. The van der Waals surface area contributed by atoms with Crippen LogP contribution in [0.25, 0.3) is 0 Å². The summed E-state index contributed by atoms with van der Waals surface area (Å²) in [7, 11) is 0. The van der Waals surface area contributed by atoms with Gasteiger partial charge in [0.25, 0.3) is 0 Å². The first-order valence-electron chi connectivity index (χ1n) is 4.84. The summed E-state index contributed by atoms with van der Waals surface area (Å²) in [6.45, 7) is 1.35. The summed E-state index contributed by atoms with van der Waals surface area (Å²) in [6.07, 6.45) is 7.46. The fourth-order valence-corrected chi connectivity index (χ4v) is 1.72. The molecule has 0 atom stereocenters. The summed E-state index contributed by atoms with van der Waals surface area (Å²) in [6, 6.07) is 6.09. The lowest BCUT2D eigenvalue weighted by Crippen LogP contribution is -2.13. The largest absolute Gasteiger partial charge is 0.479 e. The summed E-state index contributed by atoms with van der Waals surface area (Å²) in [5.74, 6) is 3.35. The van der Waals surface area contributed by atoms with Crippen molar-refractivity contribution in [3.8, 4) is 18.1 Å². The lowest BCUT2D eigenvalue weighted by atomic mass is 10.0. The fourth-order valence-electron chi connectivity index (χ4n) is 1.72. The number of hydrogen-bond acceptors (Lipinski definition) is 2. The zero-order chi connectivity index (χ0) is 9.80. The van der Waals surface area contributed by atoms with E-state index in [9.17, 15) is 0 Å². The second-order valence-electron chi connectivity index (χ2n) is 3.31. The molecule has 0 saturated carbocycles. The minimum atomic E-state index is 0.331. The molecule has 1 aromatic rings. The minimum Gasteiger partial charge on any atom is -0.479 e. The molecule has 0 spiro atoms. The van der Waals surface area contributed by atoms with Crippen molar-refractivity contribution in [3.63, 3.8) is 0 Å². The molecule has 1 aliphatic rings. The highest BCUT2D eigenvalue weighted by Gasteiger charge is 2.12. The van der Waals surface area contributed by atoms with Crippen LogP contribution in [0.1, 0.15) is 12.0 Å². The summed E-state index contributed by atoms with van der Waals surface area (Å²) in [4.78, 5) is 0. The number of nitrogens with one attached hydrogen (secondary N) is 1. The summed E-state index contributed by atoms with van der Waals surface area (Å²) in [5.41, 5.74) is 2.44. The van der Waals surface area contributed by atoms with E-state index in [4.69, 9.17) is 11.2 Å².